The van der Waals surface area contributed by atoms with Gasteiger partial charge >= 0.3 is 0 Å². The van der Waals surface area contributed by atoms with E-state index < -0.39 is 5.60 Å². The zero-order valence-corrected chi connectivity index (χ0v) is 17.9. The first kappa shape index (κ1) is 20.4. The molecule has 0 radical (unpaired) electrons. The zero-order chi connectivity index (χ0) is 21.5. The van der Waals surface area contributed by atoms with Crippen molar-refractivity contribution in [3.63, 3.8) is 0 Å². The molecule has 166 valence electrons. The van der Waals surface area contributed by atoms with Crippen molar-refractivity contribution in [1.29, 1.82) is 0 Å². The molecule has 1 saturated carbocycles. The maximum Gasteiger partial charge on any atom is 0.171 e. The maximum atomic E-state index is 11.9. The van der Waals surface area contributed by atoms with Gasteiger partial charge in [-0.1, -0.05) is 0 Å². The lowest BCUT2D eigenvalue weighted by molar-refractivity contribution is -0.195. The van der Waals surface area contributed by atoms with Gasteiger partial charge in [-0.15, -0.1) is 0 Å². The number of hydrogen-bond donors (Lipinski definition) is 4. The van der Waals surface area contributed by atoms with Gasteiger partial charge in [0.25, 0.3) is 0 Å². The molecular formula is C22H31N6O3+. The first-order valence-electron chi connectivity index (χ1n) is 11.1. The SMILES string of the molecule is C[C@@H]1COCCN1c1cc(C2(O)CCOC3(CCC3)C2)c(C=[NH2+])c(Nc2ccn[nH]2)n1. The molecule has 31 heavy (non-hydrogen) atoms. The number of aliphatic hydroxyl groups is 1. The lowest BCUT2D eigenvalue weighted by Crippen LogP contribution is -2.52. The van der Waals surface area contributed by atoms with Crippen LogP contribution in [0.15, 0.2) is 18.3 Å². The molecule has 2 atom stereocenters. The molecule has 3 aliphatic rings. The Morgan fingerprint density at radius 1 is 1.35 bits per heavy atom. The summed E-state index contributed by atoms with van der Waals surface area (Å²) in [7, 11) is 0. The molecular weight excluding hydrogens is 396 g/mol. The Labute approximate surface area is 181 Å². The Balaban J connectivity index is 1.61. The zero-order valence-electron chi connectivity index (χ0n) is 17.9. The average Bonchev–Trinajstić information content (AvgIpc) is 3.25. The highest BCUT2D eigenvalue weighted by Crippen LogP contribution is 2.50. The number of pyridine rings is 1. The van der Waals surface area contributed by atoms with Gasteiger partial charge in [-0.2, -0.15) is 5.10 Å². The summed E-state index contributed by atoms with van der Waals surface area (Å²) >= 11 is 0. The van der Waals surface area contributed by atoms with Gasteiger partial charge in [0.1, 0.15) is 17.5 Å². The molecule has 0 bridgehead atoms. The van der Waals surface area contributed by atoms with Gasteiger partial charge in [0.05, 0.1) is 48.8 Å². The van der Waals surface area contributed by atoms with Crippen LogP contribution in [0.4, 0.5) is 17.5 Å². The molecule has 1 unspecified atom stereocenters. The fraction of sp³-hybridized carbons (Fsp3) is 0.591. The van der Waals surface area contributed by atoms with E-state index in [1.165, 1.54) is 6.21 Å². The number of nitrogens with two attached hydrogens (primary N) is 1. The Hall–Kier alpha value is -2.49. The molecule has 5 rings (SSSR count). The van der Waals surface area contributed by atoms with Gasteiger partial charge in [-0.25, -0.2) is 4.98 Å². The summed E-state index contributed by atoms with van der Waals surface area (Å²) in [5.74, 6) is 2.12. The summed E-state index contributed by atoms with van der Waals surface area (Å²) < 4.78 is 11.7. The van der Waals surface area contributed by atoms with Crippen molar-refractivity contribution in [2.75, 3.05) is 36.6 Å². The number of H-pyrrole nitrogens is 1. The molecule has 3 fully saturated rings. The predicted octanol–water partition coefficient (Wildman–Crippen LogP) is 0.872. The topological polar surface area (TPSA) is 121 Å². The largest absolute Gasteiger partial charge is 0.385 e. The standard InChI is InChI=1S/C22H30N6O3/c1-15-13-30-10-8-28(15)19-11-17(22(29)6-9-31-21(14-22)4-2-5-21)16(12-23)20(26-19)25-18-3-7-24-27-18/h3,7,11-12,15,23,29H,2,4-6,8-10,13-14H2,1H3,(H2,24,25,26,27)/p+1/t15-,22?/m1/s1. The van der Waals surface area contributed by atoms with Crippen molar-refractivity contribution < 1.29 is 20.0 Å². The van der Waals surface area contributed by atoms with Crippen LogP contribution < -0.4 is 15.6 Å². The van der Waals surface area contributed by atoms with Gasteiger partial charge in [0.15, 0.2) is 6.21 Å². The molecule has 2 saturated heterocycles. The number of aromatic amines is 1. The highest BCUT2D eigenvalue weighted by Gasteiger charge is 2.50. The third-order valence-corrected chi connectivity index (χ3v) is 6.93. The van der Waals surface area contributed by atoms with Gasteiger partial charge in [0.2, 0.25) is 0 Å². The summed E-state index contributed by atoms with van der Waals surface area (Å²) in [6.07, 6.45) is 7.45. The summed E-state index contributed by atoms with van der Waals surface area (Å²) in [4.78, 5) is 7.14. The van der Waals surface area contributed by atoms with Gasteiger partial charge in [-0.3, -0.25) is 10.5 Å². The number of nitrogens with zero attached hydrogens (tertiary/aromatic N) is 3. The van der Waals surface area contributed by atoms with Gasteiger partial charge < -0.3 is 24.8 Å². The van der Waals surface area contributed by atoms with Crippen molar-refractivity contribution >= 4 is 23.7 Å². The molecule has 1 spiro atoms. The summed E-state index contributed by atoms with van der Waals surface area (Å²) in [6.45, 7) is 4.70. The second-order valence-corrected chi connectivity index (χ2v) is 9.01. The van der Waals surface area contributed by atoms with Crippen molar-refractivity contribution in [3.8, 4) is 0 Å². The van der Waals surface area contributed by atoms with Crippen molar-refractivity contribution in [2.45, 2.75) is 56.3 Å². The third kappa shape index (κ3) is 3.71. The minimum absolute atomic E-state index is 0.184. The normalized spacial score (nSPS) is 27.7. The molecule has 1 aliphatic carbocycles. The van der Waals surface area contributed by atoms with E-state index in [0.29, 0.717) is 49.9 Å². The first-order chi connectivity index (χ1) is 15.0. The lowest BCUT2D eigenvalue weighted by atomic mass is 9.68. The number of nitrogens with one attached hydrogen (secondary N) is 2. The van der Waals surface area contributed by atoms with E-state index in [4.69, 9.17) is 19.9 Å². The molecule has 0 amide bonds. The van der Waals surface area contributed by atoms with E-state index in [9.17, 15) is 5.11 Å². The van der Waals surface area contributed by atoms with Gasteiger partial charge in [0, 0.05) is 31.0 Å². The number of anilines is 3. The highest BCUT2D eigenvalue weighted by molar-refractivity contribution is 5.87. The number of hydrogen-bond acceptors (Lipinski definition) is 7. The molecule has 0 aromatic carbocycles. The monoisotopic (exact) mass is 427 g/mol. The van der Waals surface area contributed by atoms with Crippen LogP contribution in [0.3, 0.4) is 0 Å². The molecule has 2 aromatic heterocycles. The quantitative estimate of drug-likeness (QED) is 0.523. The van der Waals surface area contributed by atoms with E-state index in [1.54, 1.807) is 6.20 Å². The molecule has 5 N–H and O–H groups in total. The summed E-state index contributed by atoms with van der Waals surface area (Å²) in [6, 6.07) is 4.03. The fourth-order valence-electron chi connectivity index (χ4n) is 5.09. The third-order valence-electron chi connectivity index (χ3n) is 6.93. The van der Waals surface area contributed by atoms with E-state index in [2.05, 4.69) is 27.3 Å². The summed E-state index contributed by atoms with van der Waals surface area (Å²) in [5, 5.41) is 28.3. The maximum absolute atomic E-state index is 11.9. The molecule has 9 nitrogen and oxygen atoms in total. The van der Waals surface area contributed by atoms with Crippen molar-refractivity contribution in [2.24, 2.45) is 0 Å². The molecule has 9 heteroatoms. The summed E-state index contributed by atoms with van der Waals surface area (Å²) in [5.41, 5.74) is 0.265. The van der Waals surface area contributed by atoms with E-state index >= 15 is 0 Å². The Morgan fingerprint density at radius 3 is 2.90 bits per heavy atom. The molecule has 4 heterocycles. The number of ether oxygens (including phenoxy) is 2. The molecule has 2 aliphatic heterocycles. The Bertz CT molecular complexity index is 945. The van der Waals surface area contributed by atoms with E-state index in [1.807, 2.05) is 12.1 Å². The van der Waals surface area contributed by atoms with Crippen LogP contribution in [0.1, 0.15) is 50.2 Å². The highest BCUT2D eigenvalue weighted by atomic mass is 16.5. The van der Waals surface area contributed by atoms with Crippen LogP contribution in [0, 0.1) is 0 Å². The molecule has 2 aromatic rings. The average molecular weight is 428 g/mol. The van der Waals surface area contributed by atoms with Gasteiger partial charge in [-0.05, 0) is 32.3 Å². The van der Waals surface area contributed by atoms with Crippen LogP contribution in [0.2, 0.25) is 0 Å². The van der Waals surface area contributed by atoms with Crippen molar-refractivity contribution in [1.82, 2.24) is 15.2 Å². The van der Waals surface area contributed by atoms with E-state index in [-0.39, 0.29) is 11.6 Å². The van der Waals surface area contributed by atoms with Crippen LogP contribution >= 0.6 is 0 Å². The van der Waals surface area contributed by atoms with Crippen LogP contribution in [-0.2, 0) is 15.1 Å². The second-order valence-electron chi connectivity index (χ2n) is 9.01. The second kappa shape index (κ2) is 7.89. The van der Waals surface area contributed by atoms with Crippen molar-refractivity contribution in [3.05, 3.63) is 29.5 Å². The van der Waals surface area contributed by atoms with Crippen LogP contribution in [0.5, 0.6) is 0 Å². The minimum atomic E-state index is -1.03. The van der Waals surface area contributed by atoms with Crippen LogP contribution in [0.25, 0.3) is 0 Å². The van der Waals surface area contributed by atoms with Crippen LogP contribution in [-0.4, -0.2) is 64.5 Å². The fourth-order valence-corrected chi connectivity index (χ4v) is 5.09. The first-order valence-corrected chi connectivity index (χ1v) is 11.1. The van der Waals surface area contributed by atoms with E-state index in [0.717, 1.165) is 37.2 Å². The number of aromatic nitrogens is 3. The number of rotatable bonds is 5. The predicted molar refractivity (Wildman–Crippen MR) is 116 cm³/mol. The minimum Gasteiger partial charge on any atom is -0.385 e. The number of morpholine rings is 1. The Morgan fingerprint density at radius 2 is 2.23 bits per heavy atom. The smallest absolute Gasteiger partial charge is 0.171 e. The Kier molecular flexibility index (Phi) is 5.19. The lowest BCUT2D eigenvalue weighted by Gasteiger charge is -2.50.